The summed E-state index contributed by atoms with van der Waals surface area (Å²) in [5.74, 6) is 0.0695. The number of methoxy groups -OCH3 is 1. The highest BCUT2D eigenvalue weighted by molar-refractivity contribution is 9.10. The Hall–Kier alpha value is -1.76. The van der Waals surface area contributed by atoms with E-state index in [1.54, 1.807) is 20.0 Å². The molecular formula is C14H17BrN2O4. The molecule has 1 fully saturated rings. The second-order valence-electron chi connectivity index (χ2n) is 5.05. The van der Waals surface area contributed by atoms with Crippen LogP contribution in [0.4, 0.5) is 0 Å². The summed E-state index contributed by atoms with van der Waals surface area (Å²) in [6, 6.07) is 0.920. The number of nitrogens with zero attached hydrogens (tertiary/aromatic N) is 1. The Morgan fingerprint density at radius 2 is 2.19 bits per heavy atom. The zero-order chi connectivity index (χ0) is 15.7. The highest BCUT2D eigenvalue weighted by atomic mass is 79.9. The van der Waals surface area contributed by atoms with Crippen LogP contribution in [0.1, 0.15) is 11.1 Å². The van der Waals surface area contributed by atoms with E-state index in [0.717, 1.165) is 15.6 Å². The van der Waals surface area contributed by atoms with Gasteiger partial charge in [0.1, 0.15) is 6.04 Å². The first-order chi connectivity index (χ1) is 9.85. The molecule has 7 heteroatoms. The third kappa shape index (κ3) is 2.97. The second-order valence-corrected chi connectivity index (χ2v) is 5.84. The summed E-state index contributed by atoms with van der Waals surface area (Å²) in [6.07, 6.45) is 0.299. The number of benzene rings is 1. The number of ether oxygens (including phenoxy) is 1. The van der Waals surface area contributed by atoms with Gasteiger partial charge in [0.25, 0.3) is 0 Å². The lowest BCUT2D eigenvalue weighted by Gasteiger charge is -2.30. The molecule has 1 unspecified atom stereocenters. The van der Waals surface area contributed by atoms with E-state index in [9.17, 15) is 14.7 Å². The fourth-order valence-corrected chi connectivity index (χ4v) is 2.91. The van der Waals surface area contributed by atoms with Crippen LogP contribution in [0.25, 0.3) is 0 Å². The molecular weight excluding hydrogens is 340 g/mol. The molecule has 0 aliphatic carbocycles. The van der Waals surface area contributed by atoms with Crippen molar-refractivity contribution in [2.24, 2.45) is 0 Å². The van der Waals surface area contributed by atoms with Crippen LogP contribution in [0, 0.1) is 6.92 Å². The maximum absolute atomic E-state index is 12.1. The number of phenolic OH excluding ortho intramolecular Hbond substituents is 1. The van der Waals surface area contributed by atoms with Crippen molar-refractivity contribution in [2.45, 2.75) is 19.4 Å². The molecule has 1 atom stereocenters. The van der Waals surface area contributed by atoms with Crippen molar-refractivity contribution in [1.29, 1.82) is 0 Å². The Kier molecular flexibility index (Phi) is 4.41. The van der Waals surface area contributed by atoms with E-state index in [2.05, 4.69) is 21.2 Å². The van der Waals surface area contributed by atoms with E-state index in [-0.39, 0.29) is 24.1 Å². The summed E-state index contributed by atoms with van der Waals surface area (Å²) in [4.78, 5) is 25.0. The fourth-order valence-electron chi connectivity index (χ4n) is 2.45. The van der Waals surface area contributed by atoms with Crippen LogP contribution in [0.15, 0.2) is 10.5 Å². The van der Waals surface area contributed by atoms with Crippen molar-refractivity contribution >= 4 is 27.7 Å². The van der Waals surface area contributed by atoms with Crippen molar-refractivity contribution in [3.63, 3.8) is 0 Å². The number of carbonyl (C=O) groups is 2. The first-order valence-electron chi connectivity index (χ1n) is 6.44. The molecule has 6 nitrogen and oxygen atoms in total. The number of halogens is 1. The highest BCUT2D eigenvalue weighted by Gasteiger charge is 2.31. The van der Waals surface area contributed by atoms with Crippen LogP contribution >= 0.6 is 15.9 Å². The van der Waals surface area contributed by atoms with E-state index >= 15 is 0 Å². The number of hydrogen-bond acceptors (Lipinski definition) is 4. The van der Waals surface area contributed by atoms with Crippen LogP contribution in [0.3, 0.4) is 0 Å². The van der Waals surface area contributed by atoms with Gasteiger partial charge in [0.05, 0.1) is 13.7 Å². The predicted octanol–water partition coefficient (Wildman–Crippen LogP) is 0.971. The Bertz CT molecular complexity index is 603. The Morgan fingerprint density at radius 1 is 1.52 bits per heavy atom. The SMILES string of the molecule is COc1c(O)cc(CC2NC(=O)CN(C)C2=O)c(Br)c1C. The van der Waals surface area contributed by atoms with Gasteiger partial charge in [-0.1, -0.05) is 15.9 Å². The number of hydrogen-bond donors (Lipinski definition) is 2. The Balaban J connectivity index is 2.31. The second kappa shape index (κ2) is 5.93. The van der Waals surface area contributed by atoms with Crippen LogP contribution in [0.5, 0.6) is 11.5 Å². The summed E-state index contributed by atoms with van der Waals surface area (Å²) in [5.41, 5.74) is 1.48. The van der Waals surface area contributed by atoms with Gasteiger partial charge >= 0.3 is 0 Å². The molecule has 21 heavy (non-hydrogen) atoms. The average molecular weight is 357 g/mol. The maximum Gasteiger partial charge on any atom is 0.245 e. The van der Waals surface area contributed by atoms with E-state index in [0.29, 0.717) is 12.2 Å². The Morgan fingerprint density at radius 3 is 2.81 bits per heavy atom. The average Bonchev–Trinajstić information content (AvgIpc) is 2.41. The molecule has 1 aromatic carbocycles. The molecule has 1 aliphatic heterocycles. The van der Waals surface area contributed by atoms with E-state index < -0.39 is 6.04 Å². The van der Waals surface area contributed by atoms with Gasteiger partial charge in [0, 0.05) is 23.5 Å². The lowest BCUT2D eigenvalue weighted by Crippen LogP contribution is -2.57. The summed E-state index contributed by atoms with van der Waals surface area (Å²) >= 11 is 3.45. The number of rotatable bonds is 3. The van der Waals surface area contributed by atoms with Crippen molar-refractivity contribution in [1.82, 2.24) is 10.2 Å². The maximum atomic E-state index is 12.1. The van der Waals surface area contributed by atoms with Gasteiger partial charge in [-0.15, -0.1) is 0 Å². The summed E-state index contributed by atoms with van der Waals surface area (Å²) in [7, 11) is 3.08. The predicted molar refractivity (Wildman–Crippen MR) is 80.4 cm³/mol. The lowest BCUT2D eigenvalue weighted by atomic mass is 10.0. The molecule has 0 spiro atoms. The number of nitrogens with one attached hydrogen (secondary N) is 1. The number of piperazine rings is 1. The Labute approximate surface area is 131 Å². The van der Waals surface area contributed by atoms with Gasteiger partial charge in [-0.2, -0.15) is 0 Å². The molecule has 1 aliphatic rings. The minimum Gasteiger partial charge on any atom is -0.504 e. The molecule has 0 bridgehead atoms. The standard InChI is InChI=1S/C14H17BrN2O4/c1-7-12(15)8(5-10(18)13(7)21-3)4-9-14(20)17(2)6-11(19)16-9/h5,9,18H,4,6H2,1-3H3,(H,16,19). The van der Waals surface area contributed by atoms with Crippen molar-refractivity contribution < 1.29 is 19.4 Å². The first-order valence-corrected chi connectivity index (χ1v) is 7.23. The smallest absolute Gasteiger partial charge is 0.245 e. The van der Waals surface area contributed by atoms with E-state index in [4.69, 9.17) is 4.74 Å². The largest absolute Gasteiger partial charge is 0.504 e. The number of likely N-dealkylation sites (N-methyl/N-ethyl adjacent to an activating group) is 1. The minimum absolute atomic E-state index is 0.0103. The molecule has 114 valence electrons. The van der Waals surface area contributed by atoms with Crippen LogP contribution < -0.4 is 10.1 Å². The van der Waals surface area contributed by atoms with Crippen LogP contribution in [0.2, 0.25) is 0 Å². The van der Waals surface area contributed by atoms with Crippen molar-refractivity contribution in [3.8, 4) is 11.5 Å². The van der Waals surface area contributed by atoms with Gasteiger partial charge in [0.15, 0.2) is 11.5 Å². The fraction of sp³-hybridized carbons (Fsp3) is 0.429. The van der Waals surface area contributed by atoms with Gasteiger partial charge < -0.3 is 20.1 Å². The van der Waals surface area contributed by atoms with E-state index in [1.165, 1.54) is 12.0 Å². The summed E-state index contributed by atoms with van der Waals surface area (Å²) < 4.78 is 5.89. The quantitative estimate of drug-likeness (QED) is 0.845. The third-order valence-electron chi connectivity index (χ3n) is 3.51. The molecule has 1 saturated heterocycles. The highest BCUT2D eigenvalue weighted by Crippen LogP contribution is 2.38. The van der Waals surface area contributed by atoms with Crippen LogP contribution in [-0.2, 0) is 16.0 Å². The number of phenols is 1. The third-order valence-corrected chi connectivity index (χ3v) is 4.62. The van der Waals surface area contributed by atoms with Gasteiger partial charge in [-0.05, 0) is 18.6 Å². The molecule has 0 saturated carbocycles. The number of amides is 2. The summed E-state index contributed by atoms with van der Waals surface area (Å²) in [6.45, 7) is 1.88. The first kappa shape index (κ1) is 15.6. The molecule has 1 heterocycles. The zero-order valence-corrected chi connectivity index (χ0v) is 13.7. The molecule has 2 rings (SSSR count). The summed E-state index contributed by atoms with van der Waals surface area (Å²) in [5, 5.41) is 12.6. The molecule has 2 amide bonds. The molecule has 0 aromatic heterocycles. The van der Waals surface area contributed by atoms with E-state index in [1.807, 2.05) is 0 Å². The van der Waals surface area contributed by atoms with Gasteiger partial charge in [0.2, 0.25) is 11.8 Å². The lowest BCUT2D eigenvalue weighted by molar-refractivity contribution is -0.142. The number of carbonyl (C=O) groups excluding carboxylic acids is 2. The molecule has 2 N–H and O–H groups in total. The number of aromatic hydroxyl groups is 1. The van der Waals surface area contributed by atoms with Gasteiger partial charge in [-0.25, -0.2) is 0 Å². The molecule has 1 aromatic rings. The van der Waals surface area contributed by atoms with Crippen molar-refractivity contribution in [2.75, 3.05) is 20.7 Å². The normalized spacial score (nSPS) is 18.7. The molecule has 0 radical (unpaired) electrons. The monoisotopic (exact) mass is 356 g/mol. The van der Waals surface area contributed by atoms with Gasteiger partial charge in [-0.3, -0.25) is 9.59 Å². The van der Waals surface area contributed by atoms with Crippen LogP contribution in [-0.4, -0.2) is 48.6 Å². The topological polar surface area (TPSA) is 78.9 Å². The van der Waals surface area contributed by atoms with Crippen molar-refractivity contribution in [3.05, 3.63) is 21.7 Å². The minimum atomic E-state index is -0.625. The zero-order valence-electron chi connectivity index (χ0n) is 12.1.